The minimum atomic E-state index is -0.314. The van der Waals surface area contributed by atoms with Crippen LogP contribution in [0.3, 0.4) is 0 Å². The van der Waals surface area contributed by atoms with E-state index in [1.165, 1.54) is 0 Å². The van der Waals surface area contributed by atoms with Crippen LogP contribution in [0.1, 0.15) is 23.8 Å². The van der Waals surface area contributed by atoms with Gasteiger partial charge in [0.25, 0.3) is 0 Å². The van der Waals surface area contributed by atoms with E-state index in [4.69, 9.17) is 27.6 Å². The van der Waals surface area contributed by atoms with Crippen LogP contribution in [0.25, 0.3) is 0 Å². The van der Waals surface area contributed by atoms with Crippen molar-refractivity contribution in [1.29, 1.82) is 0 Å². The molecule has 0 amide bonds. The SMILES string of the molecule is Cc1cccc(Cl)c1Nc1nnc(C(C)Cl)o1. The van der Waals surface area contributed by atoms with Gasteiger partial charge in [-0.2, -0.15) is 0 Å². The number of halogens is 2. The Morgan fingerprint density at radius 1 is 1.35 bits per heavy atom. The minimum absolute atomic E-state index is 0.281. The Kier molecular flexibility index (Phi) is 3.54. The van der Waals surface area contributed by atoms with Crippen LogP contribution in [0.15, 0.2) is 22.6 Å². The quantitative estimate of drug-likeness (QED) is 0.855. The van der Waals surface area contributed by atoms with Crippen LogP contribution in [-0.4, -0.2) is 10.2 Å². The predicted molar refractivity (Wildman–Crippen MR) is 68.0 cm³/mol. The van der Waals surface area contributed by atoms with Gasteiger partial charge in [-0.3, -0.25) is 0 Å². The van der Waals surface area contributed by atoms with Crippen molar-refractivity contribution in [2.24, 2.45) is 0 Å². The molecule has 0 bridgehead atoms. The van der Waals surface area contributed by atoms with Gasteiger partial charge < -0.3 is 9.73 Å². The number of anilines is 2. The van der Waals surface area contributed by atoms with Gasteiger partial charge in [-0.15, -0.1) is 16.7 Å². The highest BCUT2D eigenvalue weighted by molar-refractivity contribution is 6.33. The first kappa shape index (κ1) is 12.2. The number of rotatable bonds is 3. The lowest BCUT2D eigenvalue weighted by Gasteiger charge is -2.07. The monoisotopic (exact) mass is 271 g/mol. The lowest BCUT2D eigenvalue weighted by Crippen LogP contribution is -1.94. The third kappa shape index (κ3) is 2.70. The lowest BCUT2D eigenvalue weighted by atomic mass is 10.2. The number of aromatic nitrogens is 2. The maximum absolute atomic E-state index is 6.07. The summed E-state index contributed by atoms with van der Waals surface area (Å²) in [4.78, 5) is 0. The first-order valence-corrected chi connectivity index (χ1v) is 5.89. The Labute approximate surface area is 109 Å². The minimum Gasteiger partial charge on any atom is -0.406 e. The fourth-order valence-corrected chi connectivity index (χ4v) is 1.70. The van der Waals surface area contributed by atoms with Crippen LogP contribution in [0, 0.1) is 6.92 Å². The first-order valence-electron chi connectivity index (χ1n) is 5.07. The molecule has 4 nitrogen and oxygen atoms in total. The fraction of sp³-hybridized carbons (Fsp3) is 0.273. The van der Waals surface area contributed by atoms with Crippen molar-refractivity contribution < 1.29 is 4.42 Å². The van der Waals surface area contributed by atoms with Crippen LogP contribution in [-0.2, 0) is 0 Å². The van der Waals surface area contributed by atoms with Crippen LogP contribution in [0.5, 0.6) is 0 Å². The summed E-state index contributed by atoms with van der Waals surface area (Å²) in [6, 6.07) is 5.89. The fourth-order valence-electron chi connectivity index (χ4n) is 1.34. The number of aryl methyl sites for hydroxylation is 1. The molecule has 1 N–H and O–H groups in total. The van der Waals surface area contributed by atoms with Gasteiger partial charge in [-0.25, -0.2) is 0 Å². The van der Waals surface area contributed by atoms with Crippen molar-refractivity contribution in [3.63, 3.8) is 0 Å². The Balaban J connectivity index is 2.25. The third-order valence-electron chi connectivity index (χ3n) is 2.23. The van der Waals surface area contributed by atoms with E-state index in [1.807, 2.05) is 19.1 Å². The summed E-state index contributed by atoms with van der Waals surface area (Å²) in [7, 11) is 0. The molecule has 90 valence electrons. The normalized spacial score (nSPS) is 12.5. The number of benzene rings is 1. The molecule has 1 unspecified atom stereocenters. The van der Waals surface area contributed by atoms with Crippen molar-refractivity contribution in [2.75, 3.05) is 5.32 Å². The molecule has 6 heteroatoms. The van der Waals surface area contributed by atoms with Crippen molar-refractivity contribution in [3.8, 4) is 0 Å². The van der Waals surface area contributed by atoms with Gasteiger partial charge in [0.15, 0.2) is 0 Å². The van der Waals surface area contributed by atoms with Crippen molar-refractivity contribution >= 4 is 34.9 Å². The second-order valence-corrected chi connectivity index (χ2v) is 4.68. The Morgan fingerprint density at radius 3 is 2.71 bits per heavy atom. The lowest BCUT2D eigenvalue weighted by molar-refractivity contribution is 0.510. The smallest absolute Gasteiger partial charge is 0.320 e. The third-order valence-corrected chi connectivity index (χ3v) is 2.74. The predicted octanol–water partition coefficient (Wildman–Crippen LogP) is 4.07. The van der Waals surface area contributed by atoms with E-state index in [-0.39, 0.29) is 11.4 Å². The Bertz CT molecular complexity index is 505. The molecule has 0 fully saturated rings. The number of hydrogen-bond acceptors (Lipinski definition) is 4. The van der Waals surface area contributed by atoms with Gasteiger partial charge in [0.05, 0.1) is 10.7 Å². The van der Waals surface area contributed by atoms with E-state index in [9.17, 15) is 0 Å². The molecule has 1 aromatic heterocycles. The molecule has 1 heterocycles. The van der Waals surface area contributed by atoms with Gasteiger partial charge in [0.2, 0.25) is 5.89 Å². The summed E-state index contributed by atoms with van der Waals surface area (Å²) in [5, 5.41) is 10.9. The van der Waals surface area contributed by atoms with E-state index in [0.29, 0.717) is 10.9 Å². The molecule has 0 aliphatic heterocycles. The summed E-state index contributed by atoms with van der Waals surface area (Å²) < 4.78 is 5.34. The highest BCUT2D eigenvalue weighted by atomic mass is 35.5. The largest absolute Gasteiger partial charge is 0.406 e. The van der Waals surface area contributed by atoms with Gasteiger partial charge in [0.1, 0.15) is 5.38 Å². The Hall–Kier alpha value is -1.26. The van der Waals surface area contributed by atoms with Crippen molar-refractivity contribution in [2.45, 2.75) is 19.2 Å². The molecule has 1 aromatic carbocycles. The zero-order chi connectivity index (χ0) is 12.4. The molecular formula is C11H11Cl2N3O. The maximum Gasteiger partial charge on any atom is 0.320 e. The van der Waals surface area contributed by atoms with Gasteiger partial charge in [-0.1, -0.05) is 28.8 Å². The Morgan fingerprint density at radius 2 is 2.12 bits per heavy atom. The number of para-hydroxylation sites is 1. The standard InChI is InChI=1S/C11H11Cl2N3O/c1-6-4-3-5-8(13)9(6)14-11-16-15-10(17-11)7(2)12/h3-5,7H,1-2H3,(H,14,16). The zero-order valence-electron chi connectivity index (χ0n) is 9.37. The summed E-state index contributed by atoms with van der Waals surface area (Å²) in [5.41, 5.74) is 1.75. The number of nitrogens with one attached hydrogen (secondary N) is 1. The van der Waals surface area contributed by atoms with E-state index < -0.39 is 0 Å². The summed E-state index contributed by atoms with van der Waals surface area (Å²) in [5.74, 6) is 0.374. The van der Waals surface area contributed by atoms with Crippen LogP contribution in [0.2, 0.25) is 5.02 Å². The molecule has 0 radical (unpaired) electrons. The summed E-state index contributed by atoms with van der Waals surface area (Å²) in [6.45, 7) is 3.70. The maximum atomic E-state index is 6.07. The highest BCUT2D eigenvalue weighted by Gasteiger charge is 2.12. The van der Waals surface area contributed by atoms with E-state index in [1.54, 1.807) is 13.0 Å². The molecule has 1 atom stereocenters. The van der Waals surface area contributed by atoms with Gasteiger partial charge >= 0.3 is 6.01 Å². The number of hydrogen-bond donors (Lipinski definition) is 1. The molecule has 0 saturated heterocycles. The summed E-state index contributed by atoms with van der Waals surface area (Å²) >= 11 is 11.9. The highest BCUT2D eigenvalue weighted by Crippen LogP contribution is 2.29. The molecule has 17 heavy (non-hydrogen) atoms. The van der Waals surface area contributed by atoms with Crippen molar-refractivity contribution in [3.05, 3.63) is 34.7 Å². The average molecular weight is 272 g/mol. The molecule has 2 rings (SSSR count). The second-order valence-electron chi connectivity index (χ2n) is 3.62. The number of nitrogens with zero attached hydrogens (tertiary/aromatic N) is 2. The van der Waals surface area contributed by atoms with Crippen molar-refractivity contribution in [1.82, 2.24) is 10.2 Å². The van der Waals surface area contributed by atoms with E-state index >= 15 is 0 Å². The topological polar surface area (TPSA) is 51.0 Å². The average Bonchev–Trinajstić information content (AvgIpc) is 2.72. The number of alkyl halides is 1. The molecule has 0 saturated carbocycles. The molecule has 0 aliphatic rings. The molecule has 0 aliphatic carbocycles. The summed E-state index contributed by atoms with van der Waals surface area (Å²) in [6.07, 6.45) is 0. The molecule has 2 aromatic rings. The van der Waals surface area contributed by atoms with Crippen LogP contribution < -0.4 is 5.32 Å². The van der Waals surface area contributed by atoms with E-state index in [2.05, 4.69) is 15.5 Å². The van der Waals surface area contributed by atoms with Crippen LogP contribution in [0.4, 0.5) is 11.7 Å². The molecule has 0 spiro atoms. The van der Waals surface area contributed by atoms with Crippen LogP contribution >= 0.6 is 23.2 Å². The molecular weight excluding hydrogens is 261 g/mol. The zero-order valence-corrected chi connectivity index (χ0v) is 10.9. The van der Waals surface area contributed by atoms with E-state index in [0.717, 1.165) is 11.3 Å². The van der Waals surface area contributed by atoms with Gasteiger partial charge in [0, 0.05) is 0 Å². The second kappa shape index (κ2) is 4.94. The van der Waals surface area contributed by atoms with Gasteiger partial charge in [-0.05, 0) is 25.5 Å². The first-order chi connectivity index (χ1) is 8.08.